The van der Waals surface area contributed by atoms with E-state index >= 15 is 0 Å². The number of hydrogen-bond donors (Lipinski definition) is 2. The van der Waals surface area contributed by atoms with Gasteiger partial charge in [-0.2, -0.15) is 0 Å². The summed E-state index contributed by atoms with van der Waals surface area (Å²) >= 11 is 1.05. The maximum atomic E-state index is 13.8. The molecule has 0 radical (unpaired) electrons. The number of ketones is 1. The van der Waals surface area contributed by atoms with Gasteiger partial charge in [-0.1, -0.05) is 42.5 Å². The van der Waals surface area contributed by atoms with Gasteiger partial charge in [-0.05, 0) is 54.4 Å². The number of fused-ring (bicyclic) bond motifs is 1. The van der Waals surface area contributed by atoms with Gasteiger partial charge in [0.25, 0.3) is 5.78 Å². The van der Waals surface area contributed by atoms with Crippen molar-refractivity contribution >= 4 is 44.1 Å². The molecule has 1 amide bonds. The summed E-state index contributed by atoms with van der Waals surface area (Å²) in [5, 5.41) is 21.6. The van der Waals surface area contributed by atoms with Crippen LogP contribution in [0.2, 0.25) is 0 Å². The van der Waals surface area contributed by atoms with Gasteiger partial charge in [-0.3, -0.25) is 14.5 Å². The molecule has 36 heavy (non-hydrogen) atoms. The van der Waals surface area contributed by atoms with E-state index in [4.69, 9.17) is 4.74 Å². The normalized spacial score (nSPS) is 17.2. The number of rotatable bonds is 6. The van der Waals surface area contributed by atoms with E-state index in [2.05, 4.69) is 4.98 Å². The molecule has 4 aromatic rings. The molecule has 3 aromatic carbocycles. The van der Waals surface area contributed by atoms with Crippen LogP contribution in [0.3, 0.4) is 0 Å². The van der Waals surface area contributed by atoms with Gasteiger partial charge in [0.05, 0.1) is 28.4 Å². The minimum atomic E-state index is -1.07. The van der Waals surface area contributed by atoms with Crippen molar-refractivity contribution in [3.05, 3.63) is 89.2 Å². The van der Waals surface area contributed by atoms with Gasteiger partial charge in [-0.25, -0.2) is 9.37 Å². The molecule has 5 rings (SSSR count). The van der Waals surface area contributed by atoms with Crippen LogP contribution in [0.4, 0.5) is 9.52 Å². The molecule has 1 aliphatic rings. The molecule has 1 fully saturated rings. The first-order chi connectivity index (χ1) is 17.4. The molecule has 9 heteroatoms. The third kappa shape index (κ3) is 4.18. The second kappa shape index (κ2) is 9.43. The number of halogens is 1. The minimum absolute atomic E-state index is 0.0700. The van der Waals surface area contributed by atoms with Crippen molar-refractivity contribution in [3.63, 3.8) is 0 Å². The van der Waals surface area contributed by atoms with Crippen molar-refractivity contribution in [1.29, 1.82) is 0 Å². The lowest BCUT2D eigenvalue weighted by Crippen LogP contribution is -2.29. The Morgan fingerprint density at radius 1 is 1.11 bits per heavy atom. The molecule has 182 valence electrons. The first-order valence-corrected chi connectivity index (χ1v) is 12.1. The number of phenolic OH excluding ortho intramolecular Hbond substituents is 1. The molecule has 1 aliphatic heterocycles. The van der Waals surface area contributed by atoms with Crippen molar-refractivity contribution in [2.45, 2.75) is 19.4 Å². The maximum Gasteiger partial charge on any atom is 0.301 e. The maximum absolute atomic E-state index is 13.8. The van der Waals surface area contributed by atoms with Gasteiger partial charge in [0.1, 0.15) is 23.1 Å². The summed E-state index contributed by atoms with van der Waals surface area (Å²) in [4.78, 5) is 32.3. The fourth-order valence-corrected chi connectivity index (χ4v) is 5.16. The number of benzene rings is 3. The summed E-state index contributed by atoms with van der Waals surface area (Å²) in [5.41, 5.74) is 1.02. The van der Waals surface area contributed by atoms with Crippen LogP contribution in [0.1, 0.15) is 30.5 Å². The summed E-state index contributed by atoms with van der Waals surface area (Å²) < 4.78 is 19.9. The van der Waals surface area contributed by atoms with Crippen LogP contribution in [0.15, 0.2) is 72.3 Å². The number of aliphatic hydroxyl groups is 1. The third-order valence-corrected chi connectivity index (χ3v) is 6.77. The fourth-order valence-electron chi connectivity index (χ4n) is 4.14. The minimum Gasteiger partial charge on any atom is -0.508 e. The van der Waals surface area contributed by atoms with Gasteiger partial charge in [0, 0.05) is 5.56 Å². The Morgan fingerprint density at radius 3 is 2.69 bits per heavy atom. The zero-order chi connectivity index (χ0) is 25.4. The molecule has 1 aromatic heterocycles. The molecule has 0 spiro atoms. The molecule has 0 aliphatic carbocycles. The molecule has 2 N–H and O–H groups in total. The van der Waals surface area contributed by atoms with Gasteiger partial charge in [-0.15, -0.1) is 0 Å². The number of phenols is 1. The lowest BCUT2D eigenvalue weighted by molar-refractivity contribution is -0.132. The van der Waals surface area contributed by atoms with E-state index in [1.54, 1.807) is 36.4 Å². The Kier molecular flexibility index (Phi) is 6.15. The van der Waals surface area contributed by atoms with Gasteiger partial charge in [0.15, 0.2) is 5.13 Å². The quantitative estimate of drug-likeness (QED) is 0.203. The highest BCUT2D eigenvalue weighted by atomic mass is 32.1. The second-order valence-electron chi connectivity index (χ2n) is 8.25. The summed E-state index contributed by atoms with van der Waals surface area (Å²) in [6.45, 7) is 2.45. The third-order valence-electron chi connectivity index (χ3n) is 5.76. The average molecular weight is 505 g/mol. The van der Waals surface area contributed by atoms with Crippen LogP contribution in [-0.4, -0.2) is 33.5 Å². The van der Waals surface area contributed by atoms with Crippen molar-refractivity contribution < 1.29 is 28.9 Å². The predicted octanol–water partition coefficient (Wildman–Crippen LogP) is 5.56. The number of hydrogen-bond acceptors (Lipinski definition) is 7. The number of aromatic nitrogens is 1. The van der Waals surface area contributed by atoms with Crippen molar-refractivity contribution in [1.82, 2.24) is 4.98 Å². The van der Waals surface area contributed by atoms with E-state index < -0.39 is 23.5 Å². The van der Waals surface area contributed by atoms with E-state index in [1.807, 2.05) is 6.92 Å². The Balaban J connectivity index is 1.69. The van der Waals surface area contributed by atoms with Gasteiger partial charge >= 0.3 is 5.91 Å². The Morgan fingerprint density at radius 2 is 1.92 bits per heavy atom. The Labute approximate surface area is 209 Å². The van der Waals surface area contributed by atoms with E-state index in [-0.39, 0.29) is 22.2 Å². The van der Waals surface area contributed by atoms with E-state index in [0.717, 1.165) is 17.8 Å². The van der Waals surface area contributed by atoms with Crippen molar-refractivity contribution in [2.75, 3.05) is 11.5 Å². The lowest BCUT2D eigenvalue weighted by Gasteiger charge is -2.23. The highest BCUT2D eigenvalue weighted by Crippen LogP contribution is 2.45. The SMILES string of the molecule is CCCOc1cccc(/C(O)=C2\C(=O)C(=O)N(c3nc4ccc(F)cc4s3)C2c2cccc(O)c2)c1. The number of carbonyl (C=O) groups is 2. The number of nitrogens with zero attached hydrogens (tertiary/aromatic N) is 2. The van der Waals surface area contributed by atoms with Crippen LogP contribution < -0.4 is 9.64 Å². The number of carbonyl (C=O) groups excluding carboxylic acids is 2. The predicted molar refractivity (Wildman–Crippen MR) is 135 cm³/mol. The van der Waals surface area contributed by atoms with E-state index in [1.165, 1.54) is 35.2 Å². The topological polar surface area (TPSA) is 100.0 Å². The molecule has 1 saturated heterocycles. The largest absolute Gasteiger partial charge is 0.508 e. The molecule has 1 atom stereocenters. The zero-order valence-electron chi connectivity index (χ0n) is 19.1. The first kappa shape index (κ1) is 23.5. The fraction of sp³-hybridized carbons (Fsp3) is 0.148. The van der Waals surface area contributed by atoms with Crippen LogP contribution >= 0.6 is 11.3 Å². The molecule has 0 bridgehead atoms. The monoisotopic (exact) mass is 504 g/mol. The Bertz CT molecular complexity index is 1530. The number of ether oxygens (including phenoxy) is 1. The smallest absolute Gasteiger partial charge is 0.301 e. The highest BCUT2D eigenvalue weighted by molar-refractivity contribution is 7.22. The number of aliphatic hydroxyl groups excluding tert-OH is 1. The number of thiazole rings is 1. The Hall–Kier alpha value is -4.24. The average Bonchev–Trinajstić information content (AvgIpc) is 3.40. The van der Waals surface area contributed by atoms with Crippen LogP contribution in [-0.2, 0) is 9.59 Å². The highest BCUT2D eigenvalue weighted by Gasteiger charge is 2.48. The molecule has 0 saturated carbocycles. The van der Waals surface area contributed by atoms with E-state index in [0.29, 0.717) is 33.7 Å². The van der Waals surface area contributed by atoms with Gasteiger partial charge in [0.2, 0.25) is 0 Å². The first-order valence-electron chi connectivity index (χ1n) is 11.3. The molecular formula is C27H21FN2O5S. The lowest BCUT2D eigenvalue weighted by atomic mass is 9.95. The van der Waals surface area contributed by atoms with Crippen LogP contribution in [0.25, 0.3) is 16.0 Å². The zero-order valence-corrected chi connectivity index (χ0v) is 20.0. The van der Waals surface area contributed by atoms with Crippen molar-refractivity contribution in [3.8, 4) is 11.5 Å². The molecule has 1 unspecified atom stereocenters. The van der Waals surface area contributed by atoms with Crippen LogP contribution in [0.5, 0.6) is 11.5 Å². The summed E-state index contributed by atoms with van der Waals surface area (Å²) in [5.74, 6) is -2.17. The standard InChI is InChI=1S/C27H21FN2O5S/c1-2-11-35-19-8-4-6-16(13-19)24(32)22-23(15-5-3-7-18(31)12-15)30(26(34)25(22)33)27-29-20-10-9-17(28)14-21(20)36-27/h3-10,12-14,23,31-32H,2,11H2,1H3/b24-22+. The summed E-state index contributed by atoms with van der Waals surface area (Å²) in [6.07, 6.45) is 0.797. The number of anilines is 1. The van der Waals surface area contributed by atoms with Gasteiger partial charge < -0.3 is 14.9 Å². The number of amides is 1. The molecular weight excluding hydrogens is 483 g/mol. The summed E-state index contributed by atoms with van der Waals surface area (Å²) in [6, 6.07) is 15.7. The number of Topliss-reactive ketones (excluding diaryl/α,β-unsaturated/α-hetero) is 1. The second-order valence-corrected chi connectivity index (χ2v) is 9.26. The van der Waals surface area contributed by atoms with E-state index in [9.17, 15) is 24.2 Å². The van der Waals surface area contributed by atoms with Crippen LogP contribution in [0, 0.1) is 5.82 Å². The number of aromatic hydroxyl groups is 1. The van der Waals surface area contributed by atoms with Crippen molar-refractivity contribution in [2.24, 2.45) is 0 Å². The summed E-state index contributed by atoms with van der Waals surface area (Å²) in [7, 11) is 0. The molecule has 2 heterocycles. The molecule has 7 nitrogen and oxygen atoms in total.